The number of nitro benzene ring substituents is 1. The first kappa shape index (κ1) is 12.8. The summed E-state index contributed by atoms with van der Waals surface area (Å²) in [6.45, 7) is 0. The molecule has 0 aliphatic carbocycles. The van der Waals surface area contributed by atoms with E-state index in [0.29, 0.717) is 5.19 Å². The summed E-state index contributed by atoms with van der Waals surface area (Å²) in [6, 6.07) is 6.08. The third-order valence-electron chi connectivity index (χ3n) is 2.22. The van der Waals surface area contributed by atoms with E-state index in [1.54, 1.807) is 12.1 Å². The maximum Gasteiger partial charge on any atom is 0.536 e. The Morgan fingerprint density at radius 3 is 2.19 bits per heavy atom. The summed E-state index contributed by atoms with van der Waals surface area (Å²) in [5.41, 5.74) is -0.0134. The maximum atomic E-state index is 10.6. The highest BCUT2D eigenvalue weighted by atomic mass is 28.4. The Labute approximate surface area is 94.3 Å². The molecule has 0 unspecified atom stereocenters. The molecule has 0 heterocycles. The number of benzene rings is 1. The van der Waals surface area contributed by atoms with Crippen LogP contribution in [0.5, 0.6) is 0 Å². The van der Waals surface area contributed by atoms with Crippen LogP contribution in [0.1, 0.15) is 0 Å². The van der Waals surface area contributed by atoms with Crippen LogP contribution < -0.4 is 5.19 Å². The Balaban J connectivity index is 3.20. The molecule has 7 heteroatoms. The Morgan fingerprint density at radius 2 is 1.75 bits per heavy atom. The molecule has 16 heavy (non-hydrogen) atoms. The Kier molecular flexibility index (Phi) is 4.13. The lowest BCUT2D eigenvalue weighted by Crippen LogP contribution is -2.54. The van der Waals surface area contributed by atoms with Crippen molar-refractivity contribution in [2.45, 2.75) is 0 Å². The fraction of sp³-hybridized carbons (Fsp3) is 0.333. The molecule has 88 valence electrons. The highest BCUT2D eigenvalue weighted by Gasteiger charge is 2.41. The van der Waals surface area contributed by atoms with Gasteiger partial charge in [-0.25, -0.2) is 0 Å². The monoisotopic (exact) mass is 243 g/mol. The summed E-state index contributed by atoms with van der Waals surface area (Å²) in [5, 5.41) is 11.2. The van der Waals surface area contributed by atoms with Crippen molar-refractivity contribution in [3.63, 3.8) is 0 Å². The molecule has 0 radical (unpaired) electrons. The van der Waals surface area contributed by atoms with Crippen LogP contribution >= 0.6 is 0 Å². The van der Waals surface area contributed by atoms with E-state index in [1.165, 1.54) is 33.5 Å². The first-order chi connectivity index (χ1) is 7.59. The molecule has 1 aromatic carbocycles. The lowest BCUT2D eigenvalue weighted by Gasteiger charge is -2.24. The van der Waals surface area contributed by atoms with E-state index < -0.39 is 13.7 Å². The van der Waals surface area contributed by atoms with E-state index in [9.17, 15) is 10.1 Å². The van der Waals surface area contributed by atoms with Crippen molar-refractivity contribution < 1.29 is 18.2 Å². The number of non-ortho nitro benzene ring substituents is 1. The fourth-order valence-corrected chi connectivity index (χ4v) is 3.25. The number of rotatable bonds is 5. The first-order valence-corrected chi connectivity index (χ1v) is 6.22. The normalized spacial score (nSPS) is 11.4. The number of hydrogen-bond donors (Lipinski definition) is 0. The molecule has 0 aromatic heterocycles. The SMILES string of the molecule is CO[Si](OC)(OC)c1cccc([N+](=O)[O-])c1. The fourth-order valence-electron chi connectivity index (χ4n) is 1.41. The first-order valence-electron chi connectivity index (χ1n) is 4.50. The van der Waals surface area contributed by atoms with Gasteiger partial charge in [0.25, 0.3) is 5.69 Å². The molecule has 0 bridgehead atoms. The zero-order valence-electron chi connectivity index (χ0n) is 9.30. The standard InChI is InChI=1S/C9H13NO5Si/c1-13-16(14-2,15-3)9-6-4-5-8(7-9)10(11)12/h4-7H,1-3H3. The molecule has 0 N–H and O–H groups in total. The molecule has 0 fully saturated rings. The van der Waals surface area contributed by atoms with Gasteiger partial charge in [0.05, 0.1) is 4.92 Å². The quantitative estimate of drug-likeness (QED) is 0.432. The molecule has 0 saturated carbocycles. The van der Waals surface area contributed by atoms with Crippen LogP contribution in [-0.2, 0) is 13.3 Å². The second-order valence-electron chi connectivity index (χ2n) is 2.98. The van der Waals surface area contributed by atoms with E-state index in [4.69, 9.17) is 13.3 Å². The third-order valence-corrected chi connectivity index (χ3v) is 4.85. The van der Waals surface area contributed by atoms with E-state index in [1.807, 2.05) is 0 Å². The smallest absolute Gasteiger partial charge is 0.373 e. The summed E-state index contributed by atoms with van der Waals surface area (Å²) < 4.78 is 15.7. The molecule has 0 saturated heterocycles. The van der Waals surface area contributed by atoms with Gasteiger partial charge in [-0.05, 0) is 0 Å². The molecule has 0 aliphatic rings. The van der Waals surface area contributed by atoms with Crippen molar-refractivity contribution in [1.82, 2.24) is 0 Å². The molecule has 0 atom stereocenters. The second kappa shape index (κ2) is 5.17. The van der Waals surface area contributed by atoms with Crippen molar-refractivity contribution in [2.75, 3.05) is 21.3 Å². The van der Waals surface area contributed by atoms with Crippen LogP contribution in [0.4, 0.5) is 5.69 Å². The van der Waals surface area contributed by atoms with Gasteiger partial charge in [0, 0.05) is 38.6 Å². The predicted octanol–water partition coefficient (Wildman–Crippen LogP) is 0.680. The third kappa shape index (κ3) is 2.27. The number of nitrogens with zero attached hydrogens (tertiary/aromatic N) is 1. The summed E-state index contributed by atoms with van der Waals surface area (Å²) in [6.07, 6.45) is 0. The van der Waals surface area contributed by atoms with Gasteiger partial charge in [0.1, 0.15) is 0 Å². The minimum absolute atomic E-state index is 0.0134. The molecule has 1 aromatic rings. The van der Waals surface area contributed by atoms with Crippen LogP contribution in [0, 0.1) is 10.1 Å². The van der Waals surface area contributed by atoms with Gasteiger partial charge in [-0.2, -0.15) is 0 Å². The second-order valence-corrected chi connectivity index (χ2v) is 5.89. The van der Waals surface area contributed by atoms with Crippen molar-refractivity contribution in [2.24, 2.45) is 0 Å². The van der Waals surface area contributed by atoms with Gasteiger partial charge in [-0.1, -0.05) is 12.1 Å². The largest absolute Gasteiger partial charge is 0.536 e. The van der Waals surface area contributed by atoms with Gasteiger partial charge in [0.15, 0.2) is 0 Å². The molecular formula is C9H13NO5Si. The average molecular weight is 243 g/mol. The van der Waals surface area contributed by atoms with E-state index in [-0.39, 0.29) is 5.69 Å². The van der Waals surface area contributed by atoms with Crippen molar-refractivity contribution >= 4 is 19.7 Å². The maximum absolute atomic E-state index is 10.6. The van der Waals surface area contributed by atoms with E-state index in [0.717, 1.165) is 0 Å². The highest BCUT2D eigenvalue weighted by molar-refractivity contribution is 6.75. The van der Waals surface area contributed by atoms with Gasteiger partial charge in [-0.3, -0.25) is 10.1 Å². The minimum atomic E-state index is -2.98. The molecule has 0 spiro atoms. The van der Waals surface area contributed by atoms with Crippen LogP contribution in [0.3, 0.4) is 0 Å². The molecule has 0 amide bonds. The van der Waals surface area contributed by atoms with E-state index in [2.05, 4.69) is 0 Å². The summed E-state index contributed by atoms with van der Waals surface area (Å²) in [4.78, 5) is 10.2. The summed E-state index contributed by atoms with van der Waals surface area (Å²) in [5.74, 6) is 0. The average Bonchev–Trinajstić information content (AvgIpc) is 2.32. The number of nitro groups is 1. The zero-order chi connectivity index (χ0) is 12.2. The summed E-state index contributed by atoms with van der Waals surface area (Å²) in [7, 11) is 1.39. The van der Waals surface area contributed by atoms with Gasteiger partial charge < -0.3 is 13.3 Å². The molecule has 6 nitrogen and oxygen atoms in total. The van der Waals surface area contributed by atoms with Crippen LogP contribution in [-0.4, -0.2) is 35.1 Å². The lowest BCUT2D eigenvalue weighted by atomic mass is 10.3. The lowest BCUT2D eigenvalue weighted by molar-refractivity contribution is -0.384. The predicted molar refractivity (Wildman–Crippen MR) is 59.5 cm³/mol. The Bertz CT molecular complexity index is 372. The Morgan fingerprint density at radius 1 is 1.19 bits per heavy atom. The van der Waals surface area contributed by atoms with Crippen molar-refractivity contribution in [3.8, 4) is 0 Å². The topological polar surface area (TPSA) is 70.8 Å². The van der Waals surface area contributed by atoms with Crippen molar-refractivity contribution in [1.29, 1.82) is 0 Å². The minimum Gasteiger partial charge on any atom is -0.373 e. The molecule has 1 rings (SSSR count). The van der Waals surface area contributed by atoms with Crippen LogP contribution in [0.25, 0.3) is 0 Å². The molecule has 0 aliphatic heterocycles. The molecular weight excluding hydrogens is 230 g/mol. The van der Waals surface area contributed by atoms with Crippen LogP contribution in [0.15, 0.2) is 24.3 Å². The highest BCUT2D eigenvalue weighted by Crippen LogP contribution is 2.13. The Hall–Kier alpha value is -1.28. The number of hydrogen-bond acceptors (Lipinski definition) is 5. The van der Waals surface area contributed by atoms with Gasteiger partial charge in [-0.15, -0.1) is 0 Å². The van der Waals surface area contributed by atoms with E-state index >= 15 is 0 Å². The van der Waals surface area contributed by atoms with Gasteiger partial charge in [0.2, 0.25) is 0 Å². The zero-order valence-corrected chi connectivity index (χ0v) is 10.3. The van der Waals surface area contributed by atoms with Crippen molar-refractivity contribution in [3.05, 3.63) is 34.4 Å². The summed E-state index contributed by atoms with van der Waals surface area (Å²) >= 11 is 0. The van der Waals surface area contributed by atoms with Gasteiger partial charge >= 0.3 is 8.80 Å². The van der Waals surface area contributed by atoms with Crippen LogP contribution in [0.2, 0.25) is 0 Å².